The third kappa shape index (κ3) is 9.76. The van der Waals surface area contributed by atoms with Crippen LogP contribution in [0, 0.1) is 17.8 Å². The summed E-state index contributed by atoms with van der Waals surface area (Å²) in [5.74, 6) is -2.01. The highest BCUT2D eigenvalue weighted by Crippen LogP contribution is 2.35. The van der Waals surface area contributed by atoms with Gasteiger partial charge in [-0.05, 0) is 49.3 Å². The molecule has 1 fully saturated rings. The summed E-state index contributed by atoms with van der Waals surface area (Å²) in [6.07, 6.45) is -2.90. The first-order valence-corrected chi connectivity index (χ1v) is 15.4. The van der Waals surface area contributed by atoms with Crippen LogP contribution in [0.2, 0.25) is 0 Å². The fourth-order valence-electron chi connectivity index (χ4n) is 5.11. The van der Waals surface area contributed by atoms with Crippen LogP contribution in [0.3, 0.4) is 0 Å². The van der Waals surface area contributed by atoms with E-state index in [2.05, 4.69) is 10.3 Å². The SMILES string of the molecule is COC(=O)C(C)CC(Cc1ccc(C(F)(F)F)cc1)NC(=O)c1csc(C(CC(C(C)C)N(C)C(=O)C2CC2)OC(C)=O)n1. The number of carbonyl (C=O) groups excluding carboxylic acids is 4. The normalized spacial score (nSPS) is 16.0. The van der Waals surface area contributed by atoms with Gasteiger partial charge in [-0.15, -0.1) is 11.3 Å². The first-order valence-electron chi connectivity index (χ1n) is 14.5. The summed E-state index contributed by atoms with van der Waals surface area (Å²) in [5.41, 5.74) is -0.183. The first-order chi connectivity index (χ1) is 20.6. The van der Waals surface area contributed by atoms with Crippen LogP contribution in [-0.4, -0.2) is 59.9 Å². The number of hydrogen-bond donors (Lipinski definition) is 1. The van der Waals surface area contributed by atoms with Gasteiger partial charge >= 0.3 is 18.1 Å². The van der Waals surface area contributed by atoms with E-state index < -0.39 is 47.6 Å². The monoisotopic (exact) mass is 639 g/mol. The number of benzene rings is 1. The Morgan fingerprint density at radius 3 is 2.25 bits per heavy atom. The second-order valence-electron chi connectivity index (χ2n) is 11.7. The molecule has 1 saturated carbocycles. The zero-order valence-corrected chi connectivity index (χ0v) is 26.6. The van der Waals surface area contributed by atoms with Crippen molar-refractivity contribution in [2.75, 3.05) is 14.2 Å². The number of methoxy groups -OCH3 is 1. The Morgan fingerprint density at radius 2 is 1.73 bits per heavy atom. The summed E-state index contributed by atoms with van der Waals surface area (Å²) in [6.45, 7) is 6.89. The van der Waals surface area contributed by atoms with Crippen molar-refractivity contribution in [1.29, 1.82) is 0 Å². The van der Waals surface area contributed by atoms with Crippen LogP contribution in [0.15, 0.2) is 29.6 Å². The van der Waals surface area contributed by atoms with Crippen molar-refractivity contribution in [3.8, 4) is 0 Å². The molecule has 242 valence electrons. The van der Waals surface area contributed by atoms with Crippen molar-refractivity contribution in [3.63, 3.8) is 0 Å². The summed E-state index contributed by atoms with van der Waals surface area (Å²) in [5, 5.41) is 4.78. The molecule has 9 nitrogen and oxygen atoms in total. The lowest BCUT2D eigenvalue weighted by Crippen LogP contribution is -2.42. The number of esters is 2. The second-order valence-corrected chi connectivity index (χ2v) is 12.6. The van der Waals surface area contributed by atoms with E-state index in [9.17, 15) is 32.3 Å². The lowest BCUT2D eigenvalue weighted by Gasteiger charge is -2.33. The van der Waals surface area contributed by atoms with E-state index in [0.717, 1.165) is 36.3 Å². The average Bonchev–Trinajstić information content (AvgIpc) is 3.68. The van der Waals surface area contributed by atoms with E-state index in [-0.39, 0.29) is 42.3 Å². The van der Waals surface area contributed by atoms with Gasteiger partial charge in [0.05, 0.1) is 18.6 Å². The van der Waals surface area contributed by atoms with Crippen molar-refractivity contribution in [3.05, 3.63) is 51.5 Å². The molecular formula is C31H40F3N3O6S. The van der Waals surface area contributed by atoms with Crippen LogP contribution in [0.4, 0.5) is 13.2 Å². The summed E-state index contributed by atoms with van der Waals surface area (Å²) >= 11 is 1.14. The summed E-state index contributed by atoms with van der Waals surface area (Å²) < 4.78 is 49.5. The Hall–Kier alpha value is -3.48. The molecule has 4 unspecified atom stereocenters. The van der Waals surface area contributed by atoms with Gasteiger partial charge in [-0.3, -0.25) is 19.2 Å². The van der Waals surface area contributed by atoms with E-state index >= 15 is 0 Å². The largest absolute Gasteiger partial charge is 0.469 e. The maximum atomic E-state index is 13.3. The molecule has 1 aliphatic carbocycles. The maximum Gasteiger partial charge on any atom is 0.416 e. The minimum absolute atomic E-state index is 0.0287. The molecule has 0 spiro atoms. The number of aromatic nitrogens is 1. The minimum Gasteiger partial charge on any atom is -0.469 e. The number of alkyl halides is 3. The molecule has 3 rings (SSSR count). The van der Waals surface area contributed by atoms with Crippen LogP contribution in [0.25, 0.3) is 0 Å². The van der Waals surface area contributed by atoms with E-state index in [1.165, 1.54) is 31.5 Å². The Balaban J connectivity index is 1.79. The Labute approximate surface area is 259 Å². The number of rotatable bonds is 14. The number of nitrogens with one attached hydrogen (secondary N) is 1. The number of amides is 2. The number of halogens is 3. The number of thiazole rings is 1. The van der Waals surface area contributed by atoms with Crippen LogP contribution >= 0.6 is 11.3 Å². The highest BCUT2D eigenvalue weighted by molar-refractivity contribution is 7.09. The molecule has 0 aliphatic heterocycles. The Bertz CT molecular complexity index is 1310. The standard InChI is InChI=1S/C31H40F3N3O6S/c1-17(2)25(37(5)29(40)21-9-10-21)15-26(43-19(4)38)28-36-24(16-44-28)27(39)35-23(13-18(3)30(41)42-6)14-20-7-11-22(12-8-20)31(32,33)34/h7-8,11-12,16-18,21,23,25-26H,9-10,13-15H2,1-6H3,(H,35,39). The molecule has 1 aromatic heterocycles. The molecule has 44 heavy (non-hydrogen) atoms. The molecule has 1 heterocycles. The van der Waals surface area contributed by atoms with Crippen LogP contribution in [0.5, 0.6) is 0 Å². The van der Waals surface area contributed by atoms with Gasteiger partial charge in [-0.2, -0.15) is 13.2 Å². The molecule has 1 aromatic carbocycles. The number of nitrogens with zero attached hydrogens (tertiary/aromatic N) is 2. The molecule has 0 bridgehead atoms. The highest BCUT2D eigenvalue weighted by atomic mass is 32.1. The molecule has 2 aromatic rings. The van der Waals surface area contributed by atoms with Gasteiger partial charge < -0.3 is 19.7 Å². The lowest BCUT2D eigenvalue weighted by molar-refractivity contribution is -0.149. The fourth-order valence-corrected chi connectivity index (χ4v) is 5.95. The van der Waals surface area contributed by atoms with Crippen LogP contribution < -0.4 is 5.32 Å². The predicted molar refractivity (Wildman–Crippen MR) is 158 cm³/mol. The van der Waals surface area contributed by atoms with Crippen molar-refractivity contribution in [2.45, 2.75) is 84.2 Å². The quantitative estimate of drug-likeness (QED) is 0.268. The van der Waals surface area contributed by atoms with Gasteiger partial charge in [0.15, 0.2) is 6.10 Å². The highest BCUT2D eigenvalue weighted by Gasteiger charge is 2.37. The smallest absolute Gasteiger partial charge is 0.416 e. The van der Waals surface area contributed by atoms with Gasteiger partial charge in [0.25, 0.3) is 5.91 Å². The van der Waals surface area contributed by atoms with Crippen LogP contribution in [-0.2, 0) is 36.5 Å². The van der Waals surface area contributed by atoms with E-state index in [4.69, 9.17) is 9.47 Å². The summed E-state index contributed by atoms with van der Waals surface area (Å²) in [7, 11) is 3.01. The third-order valence-corrected chi connectivity index (χ3v) is 8.61. The predicted octanol–water partition coefficient (Wildman–Crippen LogP) is 5.59. The molecule has 0 radical (unpaired) electrons. The van der Waals surface area contributed by atoms with Gasteiger partial charge in [0, 0.05) is 43.8 Å². The number of ether oxygens (including phenoxy) is 2. The zero-order valence-electron chi connectivity index (χ0n) is 25.8. The average molecular weight is 640 g/mol. The van der Waals surface area contributed by atoms with E-state index in [1.54, 1.807) is 18.9 Å². The van der Waals surface area contributed by atoms with Crippen molar-refractivity contribution in [1.82, 2.24) is 15.2 Å². The Kier molecular flexibility index (Phi) is 11.9. The third-order valence-electron chi connectivity index (χ3n) is 7.68. The Morgan fingerprint density at radius 1 is 1.09 bits per heavy atom. The van der Waals surface area contributed by atoms with Gasteiger partial charge in [0.1, 0.15) is 10.7 Å². The van der Waals surface area contributed by atoms with Crippen molar-refractivity contribution < 1.29 is 41.8 Å². The molecule has 13 heteroatoms. The van der Waals surface area contributed by atoms with Gasteiger partial charge in [-0.1, -0.05) is 32.9 Å². The van der Waals surface area contributed by atoms with Crippen molar-refractivity contribution in [2.24, 2.45) is 17.8 Å². The molecule has 2 amide bonds. The lowest BCUT2D eigenvalue weighted by atomic mass is 9.95. The fraction of sp³-hybridized carbons (Fsp3) is 0.581. The van der Waals surface area contributed by atoms with Gasteiger partial charge in [0.2, 0.25) is 5.91 Å². The summed E-state index contributed by atoms with van der Waals surface area (Å²) in [4.78, 5) is 56.4. The van der Waals surface area contributed by atoms with Crippen LogP contribution in [0.1, 0.15) is 86.1 Å². The topological polar surface area (TPSA) is 115 Å². The number of carbonyl (C=O) groups is 4. The first kappa shape index (κ1) is 35.0. The minimum atomic E-state index is -4.48. The van der Waals surface area contributed by atoms with Gasteiger partial charge in [-0.25, -0.2) is 4.98 Å². The molecule has 1 N–H and O–H groups in total. The zero-order chi connectivity index (χ0) is 32.8. The number of hydrogen-bond acceptors (Lipinski definition) is 8. The maximum absolute atomic E-state index is 13.3. The van der Waals surface area contributed by atoms with Crippen molar-refractivity contribution >= 4 is 35.1 Å². The second kappa shape index (κ2) is 15.0. The van der Waals surface area contributed by atoms with E-state index in [1.807, 2.05) is 13.8 Å². The van der Waals surface area contributed by atoms with E-state index in [0.29, 0.717) is 17.0 Å². The molecule has 0 saturated heterocycles. The molecule has 1 aliphatic rings. The summed E-state index contributed by atoms with van der Waals surface area (Å²) in [6, 6.07) is 3.76. The molecule has 4 atom stereocenters. The molecular weight excluding hydrogens is 599 g/mol.